The third-order valence-electron chi connectivity index (χ3n) is 2.61. The maximum absolute atomic E-state index is 11.5. The van der Waals surface area contributed by atoms with Gasteiger partial charge in [0.25, 0.3) is 0 Å². The number of amides is 2. The number of rotatable bonds is 5. The molecular weight excluding hydrogens is 214 g/mol. The summed E-state index contributed by atoms with van der Waals surface area (Å²) in [7, 11) is 1.92. The molecule has 1 aromatic carbocycles. The maximum atomic E-state index is 11.5. The second kappa shape index (κ2) is 6.91. The minimum absolute atomic E-state index is 0.152. The molecule has 0 aromatic heterocycles. The Bertz CT molecular complexity index is 365. The molecule has 0 spiro atoms. The van der Waals surface area contributed by atoms with E-state index in [9.17, 15) is 4.79 Å². The first-order valence-corrected chi connectivity index (χ1v) is 5.99. The summed E-state index contributed by atoms with van der Waals surface area (Å²) in [5.41, 5.74) is 1.97. The Morgan fingerprint density at radius 1 is 1.41 bits per heavy atom. The summed E-state index contributed by atoms with van der Waals surface area (Å²) in [6.07, 6.45) is 0.935. The van der Waals surface area contributed by atoms with Crippen LogP contribution in [0.3, 0.4) is 0 Å². The quantitative estimate of drug-likeness (QED) is 0.734. The van der Waals surface area contributed by atoms with Crippen LogP contribution < -0.4 is 16.0 Å². The van der Waals surface area contributed by atoms with Crippen LogP contribution in [0, 0.1) is 0 Å². The van der Waals surface area contributed by atoms with E-state index in [2.05, 4.69) is 22.9 Å². The van der Waals surface area contributed by atoms with Crippen molar-refractivity contribution in [2.24, 2.45) is 0 Å². The number of carbonyl (C=O) groups excluding carboxylic acids is 1. The molecule has 0 saturated heterocycles. The Balaban J connectivity index is 2.62. The summed E-state index contributed by atoms with van der Waals surface area (Å²) in [6.45, 7) is 4.80. The average Bonchev–Trinajstić information content (AvgIpc) is 2.35. The fourth-order valence-electron chi connectivity index (χ4n) is 1.47. The van der Waals surface area contributed by atoms with Crippen molar-refractivity contribution in [3.8, 4) is 0 Å². The van der Waals surface area contributed by atoms with Crippen molar-refractivity contribution in [2.45, 2.75) is 26.3 Å². The molecule has 0 aliphatic carbocycles. The first-order valence-electron chi connectivity index (χ1n) is 5.99. The molecule has 0 fully saturated rings. The van der Waals surface area contributed by atoms with Crippen molar-refractivity contribution in [3.05, 3.63) is 29.8 Å². The van der Waals surface area contributed by atoms with Gasteiger partial charge < -0.3 is 16.0 Å². The molecule has 1 atom stereocenters. The largest absolute Gasteiger partial charge is 0.338 e. The summed E-state index contributed by atoms with van der Waals surface area (Å²) >= 11 is 0. The van der Waals surface area contributed by atoms with Gasteiger partial charge in [-0.3, -0.25) is 0 Å². The second-order valence-corrected chi connectivity index (χ2v) is 4.02. The molecule has 4 nitrogen and oxygen atoms in total. The van der Waals surface area contributed by atoms with Crippen molar-refractivity contribution in [1.29, 1.82) is 0 Å². The van der Waals surface area contributed by atoms with Crippen molar-refractivity contribution in [3.63, 3.8) is 0 Å². The smallest absolute Gasteiger partial charge is 0.319 e. The number of hydrogen-bond donors (Lipinski definition) is 3. The zero-order valence-electron chi connectivity index (χ0n) is 10.7. The highest BCUT2D eigenvalue weighted by molar-refractivity contribution is 5.89. The van der Waals surface area contributed by atoms with Crippen LogP contribution in [-0.4, -0.2) is 19.6 Å². The van der Waals surface area contributed by atoms with E-state index < -0.39 is 0 Å². The number of nitrogens with one attached hydrogen (secondary N) is 3. The van der Waals surface area contributed by atoms with Crippen molar-refractivity contribution in [1.82, 2.24) is 10.6 Å². The average molecular weight is 235 g/mol. The van der Waals surface area contributed by atoms with E-state index in [1.807, 2.05) is 38.2 Å². The molecule has 0 aliphatic heterocycles. The fourth-order valence-corrected chi connectivity index (χ4v) is 1.47. The molecule has 4 heteroatoms. The van der Waals surface area contributed by atoms with Crippen LogP contribution in [0.25, 0.3) is 0 Å². The number of benzene rings is 1. The Morgan fingerprint density at radius 2 is 2.18 bits per heavy atom. The third kappa shape index (κ3) is 4.44. The number of hydrogen-bond acceptors (Lipinski definition) is 2. The summed E-state index contributed by atoms with van der Waals surface area (Å²) in [5.74, 6) is 0. The standard InChI is InChI=1S/C13H21N3O/c1-4-8-15-13(17)16-12-7-5-6-11(9-12)10(2)14-3/h5-7,9-10,14H,4,8H2,1-3H3,(H2,15,16,17). The molecule has 0 radical (unpaired) electrons. The van der Waals surface area contributed by atoms with Crippen LogP contribution in [0.15, 0.2) is 24.3 Å². The number of carbonyl (C=O) groups is 1. The number of urea groups is 1. The lowest BCUT2D eigenvalue weighted by molar-refractivity contribution is 0.252. The van der Waals surface area contributed by atoms with Crippen molar-refractivity contribution >= 4 is 11.7 Å². The van der Waals surface area contributed by atoms with E-state index in [-0.39, 0.29) is 12.1 Å². The predicted molar refractivity (Wildman–Crippen MR) is 71.2 cm³/mol. The molecular formula is C13H21N3O. The van der Waals surface area contributed by atoms with Gasteiger partial charge in [-0.2, -0.15) is 0 Å². The summed E-state index contributed by atoms with van der Waals surface area (Å²) in [5, 5.41) is 8.76. The molecule has 17 heavy (non-hydrogen) atoms. The highest BCUT2D eigenvalue weighted by Crippen LogP contribution is 2.16. The molecule has 0 saturated carbocycles. The Labute approximate surface area is 103 Å². The van der Waals surface area contributed by atoms with Crippen LogP contribution in [0.2, 0.25) is 0 Å². The molecule has 1 rings (SSSR count). The normalized spacial score (nSPS) is 11.9. The minimum Gasteiger partial charge on any atom is -0.338 e. The van der Waals surface area contributed by atoms with E-state index in [1.165, 1.54) is 0 Å². The number of anilines is 1. The van der Waals surface area contributed by atoms with Gasteiger partial charge in [0, 0.05) is 18.3 Å². The van der Waals surface area contributed by atoms with Crippen LogP contribution in [0.4, 0.5) is 10.5 Å². The predicted octanol–water partition coefficient (Wildman–Crippen LogP) is 2.50. The lowest BCUT2D eigenvalue weighted by Gasteiger charge is -2.12. The monoisotopic (exact) mass is 235 g/mol. The van der Waals surface area contributed by atoms with Crippen molar-refractivity contribution in [2.75, 3.05) is 18.9 Å². The Morgan fingerprint density at radius 3 is 2.82 bits per heavy atom. The topological polar surface area (TPSA) is 53.2 Å². The van der Waals surface area contributed by atoms with Gasteiger partial charge in [-0.05, 0) is 38.1 Å². The first-order chi connectivity index (χ1) is 8.17. The van der Waals surface area contributed by atoms with Crippen LogP contribution in [0.1, 0.15) is 31.9 Å². The van der Waals surface area contributed by atoms with Gasteiger partial charge in [0.15, 0.2) is 0 Å². The Hall–Kier alpha value is -1.55. The zero-order chi connectivity index (χ0) is 12.7. The van der Waals surface area contributed by atoms with E-state index in [1.54, 1.807) is 0 Å². The molecule has 0 bridgehead atoms. The zero-order valence-corrected chi connectivity index (χ0v) is 10.7. The fraction of sp³-hybridized carbons (Fsp3) is 0.462. The summed E-state index contributed by atoms with van der Waals surface area (Å²) in [4.78, 5) is 11.5. The summed E-state index contributed by atoms with van der Waals surface area (Å²) < 4.78 is 0. The molecule has 0 heterocycles. The van der Waals surface area contributed by atoms with Gasteiger partial charge in [-0.1, -0.05) is 19.1 Å². The molecule has 3 N–H and O–H groups in total. The minimum atomic E-state index is -0.152. The van der Waals surface area contributed by atoms with E-state index in [0.717, 1.165) is 17.7 Å². The molecule has 94 valence electrons. The lowest BCUT2D eigenvalue weighted by atomic mass is 10.1. The molecule has 1 aromatic rings. The van der Waals surface area contributed by atoms with Gasteiger partial charge in [-0.25, -0.2) is 4.79 Å². The molecule has 1 unspecified atom stereocenters. The van der Waals surface area contributed by atoms with Gasteiger partial charge in [0.05, 0.1) is 0 Å². The van der Waals surface area contributed by atoms with Gasteiger partial charge in [-0.15, -0.1) is 0 Å². The lowest BCUT2D eigenvalue weighted by Crippen LogP contribution is -2.29. The van der Waals surface area contributed by atoms with Crippen LogP contribution >= 0.6 is 0 Å². The SMILES string of the molecule is CCCNC(=O)Nc1cccc(C(C)NC)c1. The van der Waals surface area contributed by atoms with E-state index in [4.69, 9.17) is 0 Å². The van der Waals surface area contributed by atoms with Gasteiger partial charge in [0.1, 0.15) is 0 Å². The highest BCUT2D eigenvalue weighted by atomic mass is 16.2. The molecule has 0 aliphatic rings. The highest BCUT2D eigenvalue weighted by Gasteiger charge is 2.04. The third-order valence-corrected chi connectivity index (χ3v) is 2.61. The molecule has 2 amide bonds. The van der Waals surface area contributed by atoms with Gasteiger partial charge in [0.2, 0.25) is 0 Å². The van der Waals surface area contributed by atoms with Crippen LogP contribution in [-0.2, 0) is 0 Å². The van der Waals surface area contributed by atoms with Gasteiger partial charge >= 0.3 is 6.03 Å². The first kappa shape index (κ1) is 13.5. The maximum Gasteiger partial charge on any atom is 0.319 e. The van der Waals surface area contributed by atoms with Crippen LogP contribution in [0.5, 0.6) is 0 Å². The Kier molecular flexibility index (Phi) is 5.49. The second-order valence-electron chi connectivity index (χ2n) is 4.02. The van der Waals surface area contributed by atoms with E-state index >= 15 is 0 Å². The van der Waals surface area contributed by atoms with E-state index in [0.29, 0.717) is 6.54 Å². The van der Waals surface area contributed by atoms with Crippen molar-refractivity contribution < 1.29 is 4.79 Å². The summed E-state index contributed by atoms with van der Waals surface area (Å²) in [6, 6.07) is 7.97.